The van der Waals surface area contributed by atoms with Crippen LogP contribution in [0.15, 0.2) is 48.5 Å². The smallest absolute Gasteiger partial charge is 0.255 e. The second kappa shape index (κ2) is 8.34. The lowest BCUT2D eigenvalue weighted by molar-refractivity contribution is 0.102. The minimum Gasteiger partial charge on any atom is -0.396 e. The van der Waals surface area contributed by atoms with Gasteiger partial charge in [-0.15, -0.1) is 0 Å². The number of hydrogen-bond donors (Lipinski definition) is 2. The molecule has 0 spiro atoms. The minimum absolute atomic E-state index is 0.119. The number of carbonyl (C=O) groups excluding carboxylic acids is 1. The van der Waals surface area contributed by atoms with Crippen molar-refractivity contribution < 1.29 is 9.90 Å². The number of benzene rings is 2. The van der Waals surface area contributed by atoms with E-state index in [-0.39, 0.29) is 12.5 Å². The van der Waals surface area contributed by atoms with E-state index in [9.17, 15) is 4.79 Å². The topological polar surface area (TPSA) is 52.6 Å². The van der Waals surface area contributed by atoms with Crippen LogP contribution in [0.3, 0.4) is 0 Å². The fourth-order valence-electron chi connectivity index (χ4n) is 2.50. The SMILES string of the molecule is CCN(CC)c1ccc(C(=O)Nc2ccc(CCO)cc2)cc1. The van der Waals surface area contributed by atoms with Crippen LogP contribution < -0.4 is 10.2 Å². The summed E-state index contributed by atoms with van der Waals surface area (Å²) in [5.41, 5.74) is 3.57. The fraction of sp³-hybridized carbons (Fsp3) is 0.316. The van der Waals surface area contributed by atoms with Crippen LogP contribution in [0.4, 0.5) is 11.4 Å². The van der Waals surface area contributed by atoms with Gasteiger partial charge in [0.05, 0.1) is 0 Å². The van der Waals surface area contributed by atoms with Gasteiger partial charge in [-0.2, -0.15) is 0 Å². The predicted molar refractivity (Wildman–Crippen MR) is 95.2 cm³/mol. The van der Waals surface area contributed by atoms with Crippen molar-refractivity contribution in [3.05, 3.63) is 59.7 Å². The Morgan fingerprint density at radius 2 is 1.61 bits per heavy atom. The highest BCUT2D eigenvalue weighted by atomic mass is 16.2. The number of aliphatic hydroxyl groups excluding tert-OH is 1. The Kier molecular flexibility index (Phi) is 6.18. The van der Waals surface area contributed by atoms with E-state index in [0.29, 0.717) is 12.0 Å². The Morgan fingerprint density at radius 1 is 1.00 bits per heavy atom. The number of aliphatic hydroxyl groups is 1. The van der Waals surface area contributed by atoms with Crippen LogP contribution in [0.1, 0.15) is 29.8 Å². The summed E-state index contributed by atoms with van der Waals surface area (Å²) < 4.78 is 0. The van der Waals surface area contributed by atoms with Gasteiger partial charge in [0.2, 0.25) is 0 Å². The number of hydrogen-bond acceptors (Lipinski definition) is 3. The molecule has 0 saturated heterocycles. The van der Waals surface area contributed by atoms with E-state index < -0.39 is 0 Å². The molecule has 0 unspecified atom stereocenters. The van der Waals surface area contributed by atoms with Crippen molar-refractivity contribution in [2.24, 2.45) is 0 Å². The van der Waals surface area contributed by atoms with E-state index in [0.717, 1.165) is 30.0 Å². The van der Waals surface area contributed by atoms with Crippen molar-refractivity contribution in [2.45, 2.75) is 20.3 Å². The molecule has 2 rings (SSSR count). The maximum atomic E-state index is 12.3. The van der Waals surface area contributed by atoms with Gasteiger partial charge in [0.1, 0.15) is 0 Å². The lowest BCUT2D eigenvalue weighted by Gasteiger charge is -2.21. The molecule has 0 fully saturated rings. The Bertz CT molecular complexity index is 617. The monoisotopic (exact) mass is 312 g/mol. The highest BCUT2D eigenvalue weighted by molar-refractivity contribution is 6.04. The summed E-state index contributed by atoms with van der Waals surface area (Å²) in [7, 11) is 0. The molecule has 0 saturated carbocycles. The summed E-state index contributed by atoms with van der Waals surface area (Å²) >= 11 is 0. The summed E-state index contributed by atoms with van der Waals surface area (Å²) in [6, 6.07) is 15.2. The summed E-state index contributed by atoms with van der Waals surface area (Å²) in [5, 5.41) is 11.8. The van der Waals surface area contributed by atoms with Crippen molar-refractivity contribution in [1.29, 1.82) is 0 Å². The van der Waals surface area contributed by atoms with Gasteiger partial charge in [-0.25, -0.2) is 0 Å². The lowest BCUT2D eigenvalue weighted by Crippen LogP contribution is -2.21. The molecule has 0 aliphatic rings. The van der Waals surface area contributed by atoms with Gasteiger partial charge in [0, 0.05) is 36.6 Å². The lowest BCUT2D eigenvalue weighted by atomic mass is 10.1. The van der Waals surface area contributed by atoms with E-state index in [1.165, 1.54) is 0 Å². The van der Waals surface area contributed by atoms with Crippen molar-refractivity contribution in [2.75, 3.05) is 29.9 Å². The zero-order valence-electron chi connectivity index (χ0n) is 13.7. The molecule has 4 heteroatoms. The first-order chi connectivity index (χ1) is 11.2. The molecule has 0 atom stereocenters. The molecule has 1 amide bonds. The summed E-state index contributed by atoms with van der Waals surface area (Å²) in [5.74, 6) is -0.119. The van der Waals surface area contributed by atoms with Crippen molar-refractivity contribution in [3.8, 4) is 0 Å². The highest BCUT2D eigenvalue weighted by Gasteiger charge is 2.07. The summed E-state index contributed by atoms with van der Waals surface area (Å²) in [4.78, 5) is 14.5. The van der Waals surface area contributed by atoms with Gasteiger partial charge in [0.15, 0.2) is 0 Å². The molecular formula is C19H24N2O2. The van der Waals surface area contributed by atoms with Gasteiger partial charge in [-0.3, -0.25) is 4.79 Å². The predicted octanol–water partition coefficient (Wildman–Crippen LogP) is 3.32. The summed E-state index contributed by atoms with van der Waals surface area (Å²) in [6.45, 7) is 6.25. The molecule has 2 aromatic carbocycles. The summed E-state index contributed by atoms with van der Waals surface area (Å²) in [6.07, 6.45) is 0.626. The van der Waals surface area contributed by atoms with Gasteiger partial charge >= 0.3 is 0 Å². The number of nitrogens with one attached hydrogen (secondary N) is 1. The average Bonchev–Trinajstić information content (AvgIpc) is 2.58. The maximum absolute atomic E-state index is 12.3. The molecule has 2 aromatic rings. The molecule has 0 radical (unpaired) electrons. The molecule has 0 aliphatic carbocycles. The first kappa shape index (κ1) is 17.0. The second-order valence-electron chi connectivity index (χ2n) is 5.34. The van der Waals surface area contributed by atoms with Crippen molar-refractivity contribution >= 4 is 17.3 Å². The van der Waals surface area contributed by atoms with Crippen LogP contribution >= 0.6 is 0 Å². The van der Waals surface area contributed by atoms with Crippen LogP contribution in [-0.2, 0) is 6.42 Å². The number of anilines is 2. The molecule has 0 heterocycles. The van der Waals surface area contributed by atoms with Crippen LogP contribution in [0.5, 0.6) is 0 Å². The molecule has 122 valence electrons. The Hall–Kier alpha value is -2.33. The van der Waals surface area contributed by atoms with Crippen LogP contribution in [-0.4, -0.2) is 30.7 Å². The molecule has 2 N–H and O–H groups in total. The van der Waals surface area contributed by atoms with Crippen molar-refractivity contribution in [1.82, 2.24) is 0 Å². The maximum Gasteiger partial charge on any atom is 0.255 e. The standard InChI is InChI=1S/C19H24N2O2/c1-3-21(4-2)18-11-7-16(8-12-18)19(23)20-17-9-5-15(6-10-17)13-14-22/h5-12,22H,3-4,13-14H2,1-2H3,(H,20,23). The number of rotatable bonds is 7. The average molecular weight is 312 g/mol. The number of carbonyl (C=O) groups is 1. The first-order valence-corrected chi connectivity index (χ1v) is 8.04. The molecule has 0 bridgehead atoms. The van der Waals surface area contributed by atoms with Gasteiger partial charge in [-0.05, 0) is 62.2 Å². The Labute approximate surface area is 137 Å². The van der Waals surface area contributed by atoms with E-state index in [4.69, 9.17) is 5.11 Å². The Morgan fingerprint density at radius 3 is 2.13 bits per heavy atom. The first-order valence-electron chi connectivity index (χ1n) is 8.04. The normalized spacial score (nSPS) is 10.4. The van der Waals surface area contributed by atoms with E-state index in [1.807, 2.05) is 48.5 Å². The van der Waals surface area contributed by atoms with Crippen LogP contribution in [0.2, 0.25) is 0 Å². The van der Waals surface area contributed by atoms with Crippen molar-refractivity contribution in [3.63, 3.8) is 0 Å². The van der Waals surface area contributed by atoms with E-state index in [2.05, 4.69) is 24.1 Å². The van der Waals surface area contributed by atoms with E-state index >= 15 is 0 Å². The van der Waals surface area contributed by atoms with E-state index in [1.54, 1.807) is 0 Å². The molecular weight excluding hydrogens is 288 g/mol. The zero-order valence-corrected chi connectivity index (χ0v) is 13.7. The number of nitrogens with zero attached hydrogens (tertiary/aromatic N) is 1. The third kappa shape index (κ3) is 4.57. The number of amides is 1. The van der Waals surface area contributed by atoms with Gasteiger partial charge < -0.3 is 15.3 Å². The van der Waals surface area contributed by atoms with Gasteiger partial charge in [-0.1, -0.05) is 12.1 Å². The minimum atomic E-state index is -0.119. The highest BCUT2D eigenvalue weighted by Crippen LogP contribution is 2.16. The third-order valence-corrected chi connectivity index (χ3v) is 3.87. The van der Waals surface area contributed by atoms with Crippen LogP contribution in [0, 0.1) is 0 Å². The zero-order chi connectivity index (χ0) is 16.7. The quantitative estimate of drug-likeness (QED) is 0.824. The largest absolute Gasteiger partial charge is 0.396 e. The third-order valence-electron chi connectivity index (χ3n) is 3.87. The molecule has 4 nitrogen and oxygen atoms in total. The molecule has 0 aromatic heterocycles. The van der Waals surface area contributed by atoms with Crippen LogP contribution in [0.25, 0.3) is 0 Å². The molecule has 0 aliphatic heterocycles. The Balaban J connectivity index is 2.02. The molecule has 23 heavy (non-hydrogen) atoms. The van der Waals surface area contributed by atoms with Gasteiger partial charge in [0.25, 0.3) is 5.91 Å². The second-order valence-corrected chi connectivity index (χ2v) is 5.34. The fourth-order valence-corrected chi connectivity index (χ4v) is 2.50.